The van der Waals surface area contributed by atoms with Crippen LogP contribution in [0.1, 0.15) is 37.5 Å². The van der Waals surface area contributed by atoms with E-state index in [1.807, 2.05) is 13.1 Å². The second-order valence-corrected chi connectivity index (χ2v) is 6.54. The monoisotopic (exact) mass is 312 g/mol. The molecule has 0 spiro atoms. The van der Waals surface area contributed by atoms with Gasteiger partial charge in [-0.3, -0.25) is 0 Å². The molecule has 0 amide bonds. The Morgan fingerprint density at radius 2 is 2.06 bits per heavy atom. The summed E-state index contributed by atoms with van der Waals surface area (Å²) >= 11 is 3.59. The molecule has 3 atom stereocenters. The van der Waals surface area contributed by atoms with Gasteiger partial charge in [0.05, 0.1) is 16.8 Å². The van der Waals surface area contributed by atoms with Gasteiger partial charge in [0.15, 0.2) is 0 Å². The number of nitrogens with zero attached hydrogens (tertiary/aromatic N) is 1. The average Bonchev–Trinajstić information content (AvgIpc) is 2.84. The van der Waals surface area contributed by atoms with E-state index in [2.05, 4.69) is 33.2 Å². The van der Waals surface area contributed by atoms with Gasteiger partial charge in [0.2, 0.25) is 0 Å². The Labute approximate surface area is 117 Å². The van der Waals surface area contributed by atoms with Crippen molar-refractivity contribution in [3.63, 3.8) is 0 Å². The average molecular weight is 313 g/mol. The van der Waals surface area contributed by atoms with Crippen LogP contribution < -0.4 is 5.32 Å². The van der Waals surface area contributed by atoms with Crippen molar-refractivity contribution in [3.05, 3.63) is 22.6 Å². The van der Waals surface area contributed by atoms with Crippen LogP contribution in [0.3, 0.4) is 0 Å². The number of halogens is 1. The molecule has 18 heavy (non-hydrogen) atoms. The molecule has 3 rings (SSSR count). The molecular weight excluding hydrogens is 292 g/mol. The third-order valence-electron chi connectivity index (χ3n) is 4.84. The molecule has 0 aromatic carbocycles. The first kappa shape index (κ1) is 12.7. The Morgan fingerprint density at radius 3 is 2.56 bits per heavy atom. The summed E-state index contributed by atoms with van der Waals surface area (Å²) in [5.41, 5.74) is 0. The van der Waals surface area contributed by atoms with E-state index in [0.717, 1.165) is 22.3 Å². The standard InChI is InChI=1S/C14H21BrN2O/c1-16-13(14-12(15)5-6-18-14)9-7-10-3-4-11(8-9)17(10)2/h5-6,9-11,13,16H,3-4,7-8H2,1-2H3. The SMILES string of the molecule is CNC(c1occc1Br)C1CC2CCC(C1)N2C. The highest BCUT2D eigenvalue weighted by atomic mass is 79.9. The van der Waals surface area contributed by atoms with Crippen molar-refractivity contribution in [1.82, 2.24) is 10.2 Å². The predicted molar refractivity (Wildman–Crippen MR) is 75.5 cm³/mol. The lowest BCUT2D eigenvalue weighted by atomic mass is 9.84. The van der Waals surface area contributed by atoms with E-state index in [1.54, 1.807) is 6.26 Å². The van der Waals surface area contributed by atoms with E-state index in [4.69, 9.17) is 4.42 Å². The molecule has 2 saturated heterocycles. The van der Waals surface area contributed by atoms with Crippen LogP contribution >= 0.6 is 15.9 Å². The minimum absolute atomic E-state index is 0.339. The van der Waals surface area contributed by atoms with E-state index in [0.29, 0.717) is 12.0 Å². The van der Waals surface area contributed by atoms with Gasteiger partial charge in [-0.25, -0.2) is 0 Å². The van der Waals surface area contributed by atoms with Gasteiger partial charge in [-0.15, -0.1) is 0 Å². The van der Waals surface area contributed by atoms with Crippen LogP contribution in [0.4, 0.5) is 0 Å². The van der Waals surface area contributed by atoms with Crippen molar-refractivity contribution in [2.45, 2.75) is 43.8 Å². The molecule has 3 unspecified atom stereocenters. The van der Waals surface area contributed by atoms with Gasteiger partial charge in [-0.05, 0) is 67.7 Å². The molecule has 1 aromatic rings. The van der Waals surface area contributed by atoms with Crippen molar-refractivity contribution < 1.29 is 4.42 Å². The van der Waals surface area contributed by atoms with Gasteiger partial charge in [0.25, 0.3) is 0 Å². The molecular formula is C14H21BrN2O. The van der Waals surface area contributed by atoms with Crippen molar-refractivity contribution in [3.8, 4) is 0 Å². The lowest BCUT2D eigenvalue weighted by Crippen LogP contribution is -2.43. The molecule has 3 heterocycles. The normalized spacial score (nSPS) is 33.8. The maximum atomic E-state index is 5.67. The molecule has 0 saturated carbocycles. The number of hydrogen-bond donors (Lipinski definition) is 1. The number of fused-ring (bicyclic) bond motifs is 2. The molecule has 100 valence electrons. The molecule has 2 aliphatic rings. The number of rotatable bonds is 3. The predicted octanol–water partition coefficient (Wildman–Crippen LogP) is 3.18. The summed E-state index contributed by atoms with van der Waals surface area (Å²) in [4.78, 5) is 2.58. The fourth-order valence-corrected chi connectivity index (χ4v) is 4.28. The Balaban J connectivity index is 1.80. The molecule has 4 heteroatoms. The Bertz CT molecular complexity index is 406. The maximum absolute atomic E-state index is 5.67. The van der Waals surface area contributed by atoms with Gasteiger partial charge >= 0.3 is 0 Å². The van der Waals surface area contributed by atoms with Gasteiger partial charge in [-0.2, -0.15) is 0 Å². The summed E-state index contributed by atoms with van der Waals surface area (Å²) in [6.07, 6.45) is 7.07. The summed E-state index contributed by atoms with van der Waals surface area (Å²) in [5, 5.41) is 3.46. The minimum atomic E-state index is 0.339. The topological polar surface area (TPSA) is 28.4 Å². The zero-order valence-electron chi connectivity index (χ0n) is 11.0. The van der Waals surface area contributed by atoms with E-state index < -0.39 is 0 Å². The first-order valence-corrected chi connectivity index (χ1v) is 7.62. The van der Waals surface area contributed by atoms with Crippen LogP contribution in [0.25, 0.3) is 0 Å². The zero-order chi connectivity index (χ0) is 12.7. The second-order valence-electron chi connectivity index (χ2n) is 5.68. The van der Waals surface area contributed by atoms with Crippen LogP contribution in [0.2, 0.25) is 0 Å². The van der Waals surface area contributed by atoms with Gasteiger partial charge < -0.3 is 14.6 Å². The summed E-state index contributed by atoms with van der Waals surface area (Å²) in [7, 11) is 4.33. The Kier molecular flexibility index (Phi) is 3.52. The van der Waals surface area contributed by atoms with Crippen molar-refractivity contribution in [1.29, 1.82) is 0 Å². The zero-order valence-corrected chi connectivity index (χ0v) is 12.6. The first-order chi connectivity index (χ1) is 8.70. The van der Waals surface area contributed by atoms with Crippen LogP contribution in [0, 0.1) is 5.92 Å². The third kappa shape index (κ3) is 2.04. The highest BCUT2D eigenvalue weighted by Crippen LogP contribution is 2.43. The quantitative estimate of drug-likeness (QED) is 0.929. The molecule has 2 bridgehead atoms. The maximum Gasteiger partial charge on any atom is 0.135 e. The molecule has 1 N–H and O–H groups in total. The highest BCUT2D eigenvalue weighted by molar-refractivity contribution is 9.10. The summed E-state index contributed by atoms with van der Waals surface area (Å²) in [6.45, 7) is 0. The van der Waals surface area contributed by atoms with Crippen LogP contribution in [0.15, 0.2) is 21.2 Å². The van der Waals surface area contributed by atoms with E-state index in [1.165, 1.54) is 25.7 Å². The first-order valence-electron chi connectivity index (χ1n) is 6.82. The molecule has 0 radical (unpaired) electrons. The lowest BCUT2D eigenvalue weighted by molar-refractivity contribution is 0.108. The molecule has 3 nitrogen and oxygen atoms in total. The summed E-state index contributed by atoms with van der Waals surface area (Å²) in [6, 6.07) is 3.88. The fraction of sp³-hybridized carbons (Fsp3) is 0.714. The number of nitrogens with one attached hydrogen (secondary N) is 1. The summed E-state index contributed by atoms with van der Waals surface area (Å²) < 4.78 is 6.76. The molecule has 2 aliphatic heterocycles. The second kappa shape index (κ2) is 4.99. The van der Waals surface area contributed by atoms with E-state index >= 15 is 0 Å². The highest BCUT2D eigenvalue weighted by Gasteiger charge is 2.41. The Morgan fingerprint density at radius 1 is 1.39 bits per heavy atom. The molecule has 0 aliphatic carbocycles. The largest absolute Gasteiger partial charge is 0.466 e. The fourth-order valence-electron chi connectivity index (χ4n) is 3.83. The number of hydrogen-bond acceptors (Lipinski definition) is 3. The van der Waals surface area contributed by atoms with Gasteiger partial charge in [0.1, 0.15) is 5.76 Å². The van der Waals surface area contributed by atoms with Crippen LogP contribution in [-0.2, 0) is 0 Å². The number of piperidine rings is 1. The van der Waals surface area contributed by atoms with Gasteiger partial charge in [0, 0.05) is 12.1 Å². The Hall–Kier alpha value is -0.320. The smallest absolute Gasteiger partial charge is 0.135 e. The van der Waals surface area contributed by atoms with Crippen molar-refractivity contribution >= 4 is 15.9 Å². The van der Waals surface area contributed by atoms with Crippen LogP contribution in [-0.4, -0.2) is 31.1 Å². The minimum Gasteiger partial charge on any atom is -0.466 e. The lowest BCUT2D eigenvalue weighted by Gasteiger charge is -2.39. The third-order valence-corrected chi connectivity index (χ3v) is 5.50. The van der Waals surface area contributed by atoms with Crippen molar-refractivity contribution in [2.24, 2.45) is 5.92 Å². The molecule has 2 fully saturated rings. The van der Waals surface area contributed by atoms with E-state index in [-0.39, 0.29) is 0 Å². The van der Waals surface area contributed by atoms with Crippen LogP contribution in [0.5, 0.6) is 0 Å². The van der Waals surface area contributed by atoms with E-state index in [9.17, 15) is 0 Å². The molecule has 1 aromatic heterocycles. The van der Waals surface area contributed by atoms with Crippen molar-refractivity contribution in [2.75, 3.05) is 14.1 Å². The van der Waals surface area contributed by atoms with Gasteiger partial charge in [-0.1, -0.05) is 0 Å². The summed E-state index contributed by atoms with van der Waals surface area (Å²) in [5.74, 6) is 1.75. The number of furan rings is 1.